The Balaban J connectivity index is 1.44. The zero-order valence-electron chi connectivity index (χ0n) is 15.3. The van der Waals surface area contributed by atoms with Crippen LogP contribution in [0.15, 0.2) is 24.3 Å². The van der Waals surface area contributed by atoms with E-state index < -0.39 is 6.10 Å². The van der Waals surface area contributed by atoms with Gasteiger partial charge in [-0.2, -0.15) is 0 Å². The Hall–Kier alpha value is -1.10. The van der Waals surface area contributed by atoms with E-state index in [1.807, 2.05) is 29.2 Å². The van der Waals surface area contributed by atoms with Crippen molar-refractivity contribution < 1.29 is 9.90 Å². The lowest BCUT2D eigenvalue weighted by molar-refractivity contribution is -0.131. The summed E-state index contributed by atoms with van der Waals surface area (Å²) in [6, 6.07) is 8.86. The fraction of sp³-hybridized carbons (Fsp3) is 0.667. The smallest absolute Gasteiger partial charge is 0.223 e. The Kier molecular flexibility index (Phi) is 5.53. The molecule has 1 amide bonds. The first-order valence-corrected chi connectivity index (χ1v) is 10.5. The van der Waals surface area contributed by atoms with E-state index in [4.69, 9.17) is 11.6 Å². The molecule has 1 aromatic rings. The molecular weight excluding hydrogens is 348 g/mol. The third-order valence-corrected chi connectivity index (χ3v) is 6.97. The van der Waals surface area contributed by atoms with Crippen molar-refractivity contribution >= 4 is 17.5 Å². The Morgan fingerprint density at radius 2 is 1.77 bits per heavy atom. The molecule has 1 N–H and O–H groups in total. The Labute approximate surface area is 161 Å². The molecule has 1 aliphatic heterocycles. The second-order valence-electron chi connectivity index (χ2n) is 8.15. The first kappa shape index (κ1) is 18.3. The highest BCUT2D eigenvalue weighted by Gasteiger charge is 2.40. The molecule has 0 aromatic heterocycles. The summed E-state index contributed by atoms with van der Waals surface area (Å²) in [5, 5.41) is 11.7. The minimum atomic E-state index is -0.481. The molecule has 142 valence electrons. The molecule has 3 fully saturated rings. The molecule has 5 heteroatoms. The molecule has 1 heterocycles. The minimum absolute atomic E-state index is 0.0959. The number of carbonyl (C=O) groups is 1. The molecule has 0 radical (unpaired) electrons. The van der Waals surface area contributed by atoms with Gasteiger partial charge in [0.25, 0.3) is 0 Å². The molecule has 2 atom stereocenters. The SMILES string of the molecule is O=C1CC[C@@H]([C@@H](O)CN(C2CCC2)C2CCC2)N1Cc1ccccc1Cl. The van der Waals surface area contributed by atoms with E-state index >= 15 is 0 Å². The summed E-state index contributed by atoms with van der Waals surface area (Å²) < 4.78 is 0. The first-order valence-electron chi connectivity index (χ1n) is 10.1. The van der Waals surface area contributed by atoms with Crippen LogP contribution < -0.4 is 0 Å². The number of amides is 1. The van der Waals surface area contributed by atoms with Crippen molar-refractivity contribution in [3.8, 4) is 0 Å². The van der Waals surface area contributed by atoms with Gasteiger partial charge in [-0.25, -0.2) is 0 Å². The third-order valence-electron chi connectivity index (χ3n) is 6.60. The Morgan fingerprint density at radius 1 is 1.12 bits per heavy atom. The number of nitrogens with zero attached hydrogens (tertiary/aromatic N) is 2. The predicted molar refractivity (Wildman–Crippen MR) is 103 cm³/mol. The molecular formula is C21H29ClN2O2. The van der Waals surface area contributed by atoms with Gasteiger partial charge in [-0.1, -0.05) is 42.6 Å². The summed E-state index contributed by atoms with van der Waals surface area (Å²) in [6.07, 6.45) is 8.45. The van der Waals surface area contributed by atoms with Gasteiger partial charge in [0.05, 0.1) is 12.1 Å². The van der Waals surface area contributed by atoms with Crippen LogP contribution in [0.5, 0.6) is 0 Å². The molecule has 2 aliphatic carbocycles. The van der Waals surface area contributed by atoms with Gasteiger partial charge in [0.2, 0.25) is 5.91 Å². The van der Waals surface area contributed by atoms with Crippen LogP contribution in [-0.2, 0) is 11.3 Å². The summed E-state index contributed by atoms with van der Waals surface area (Å²) in [7, 11) is 0. The van der Waals surface area contributed by atoms with E-state index in [1.54, 1.807) is 0 Å². The van der Waals surface area contributed by atoms with Crippen LogP contribution in [0.2, 0.25) is 5.02 Å². The summed E-state index contributed by atoms with van der Waals surface area (Å²) in [5.41, 5.74) is 0.955. The number of hydrogen-bond donors (Lipinski definition) is 1. The van der Waals surface area contributed by atoms with Crippen molar-refractivity contribution in [1.29, 1.82) is 0 Å². The lowest BCUT2D eigenvalue weighted by atomic mass is 9.84. The van der Waals surface area contributed by atoms with Crippen LogP contribution in [0.25, 0.3) is 0 Å². The van der Waals surface area contributed by atoms with E-state index in [0.717, 1.165) is 12.0 Å². The normalized spacial score (nSPS) is 25.4. The number of benzene rings is 1. The van der Waals surface area contributed by atoms with Crippen LogP contribution in [-0.4, -0.2) is 51.6 Å². The predicted octanol–water partition coefficient (Wildman–Crippen LogP) is 3.60. The molecule has 0 unspecified atom stereocenters. The van der Waals surface area contributed by atoms with Gasteiger partial charge >= 0.3 is 0 Å². The van der Waals surface area contributed by atoms with Crippen LogP contribution >= 0.6 is 11.6 Å². The van der Waals surface area contributed by atoms with Crippen molar-refractivity contribution in [1.82, 2.24) is 9.80 Å². The van der Waals surface area contributed by atoms with Crippen LogP contribution in [0.3, 0.4) is 0 Å². The van der Waals surface area contributed by atoms with E-state index in [0.29, 0.717) is 36.6 Å². The maximum atomic E-state index is 12.5. The highest BCUT2D eigenvalue weighted by molar-refractivity contribution is 6.31. The molecule has 3 aliphatic rings. The van der Waals surface area contributed by atoms with E-state index in [1.165, 1.54) is 38.5 Å². The van der Waals surface area contributed by atoms with Crippen molar-refractivity contribution in [2.24, 2.45) is 0 Å². The molecule has 0 bridgehead atoms. The average molecular weight is 377 g/mol. The number of likely N-dealkylation sites (tertiary alicyclic amines) is 1. The quantitative estimate of drug-likeness (QED) is 0.790. The number of aliphatic hydroxyl groups excluding tert-OH is 1. The van der Waals surface area contributed by atoms with Gasteiger partial charge in [0.15, 0.2) is 0 Å². The maximum Gasteiger partial charge on any atom is 0.223 e. The molecule has 0 spiro atoms. The molecule has 1 saturated heterocycles. The molecule has 2 saturated carbocycles. The van der Waals surface area contributed by atoms with Crippen LogP contribution in [0.1, 0.15) is 56.9 Å². The average Bonchev–Trinajstić information content (AvgIpc) is 2.87. The standard InChI is InChI=1S/C21H29ClN2O2/c22-18-10-2-1-5-15(18)13-24-19(11-12-21(24)26)20(25)14-23(16-6-3-7-16)17-8-4-9-17/h1-2,5,10,16-17,19-20,25H,3-4,6-9,11-14H2/t19-,20-/m0/s1. The van der Waals surface area contributed by atoms with Crippen LogP contribution in [0, 0.1) is 0 Å². The van der Waals surface area contributed by atoms with Crippen LogP contribution in [0.4, 0.5) is 0 Å². The van der Waals surface area contributed by atoms with E-state index in [-0.39, 0.29) is 11.9 Å². The maximum absolute atomic E-state index is 12.5. The fourth-order valence-corrected chi connectivity index (χ4v) is 4.74. The summed E-state index contributed by atoms with van der Waals surface area (Å²) in [6.45, 7) is 1.19. The van der Waals surface area contributed by atoms with Crippen molar-refractivity contribution in [2.45, 2.75) is 82.1 Å². The van der Waals surface area contributed by atoms with Gasteiger partial charge in [0, 0.05) is 36.6 Å². The first-order chi connectivity index (χ1) is 12.6. The van der Waals surface area contributed by atoms with Gasteiger partial charge < -0.3 is 10.0 Å². The van der Waals surface area contributed by atoms with Gasteiger partial charge in [-0.3, -0.25) is 9.69 Å². The highest BCUT2D eigenvalue weighted by atomic mass is 35.5. The summed E-state index contributed by atoms with van der Waals surface area (Å²) in [4.78, 5) is 16.9. The second kappa shape index (κ2) is 7.87. The van der Waals surface area contributed by atoms with Gasteiger partial charge in [0.1, 0.15) is 0 Å². The van der Waals surface area contributed by atoms with E-state index in [9.17, 15) is 9.90 Å². The third kappa shape index (κ3) is 3.64. The molecule has 26 heavy (non-hydrogen) atoms. The fourth-order valence-electron chi connectivity index (χ4n) is 4.54. The van der Waals surface area contributed by atoms with Crippen molar-refractivity contribution in [3.63, 3.8) is 0 Å². The largest absolute Gasteiger partial charge is 0.390 e. The monoisotopic (exact) mass is 376 g/mol. The number of carbonyl (C=O) groups excluding carboxylic acids is 1. The number of hydrogen-bond acceptors (Lipinski definition) is 3. The molecule has 4 nitrogen and oxygen atoms in total. The Bertz CT molecular complexity index is 631. The number of rotatable bonds is 7. The number of halogens is 1. The zero-order chi connectivity index (χ0) is 18.1. The Morgan fingerprint density at radius 3 is 2.35 bits per heavy atom. The van der Waals surface area contributed by atoms with Crippen molar-refractivity contribution in [2.75, 3.05) is 6.54 Å². The van der Waals surface area contributed by atoms with E-state index in [2.05, 4.69) is 4.90 Å². The van der Waals surface area contributed by atoms with Gasteiger partial charge in [-0.15, -0.1) is 0 Å². The minimum Gasteiger partial charge on any atom is -0.390 e. The molecule has 1 aromatic carbocycles. The second-order valence-corrected chi connectivity index (χ2v) is 8.56. The lowest BCUT2D eigenvalue weighted by Crippen LogP contribution is -2.55. The van der Waals surface area contributed by atoms with Gasteiger partial charge in [-0.05, 0) is 43.7 Å². The zero-order valence-corrected chi connectivity index (χ0v) is 16.1. The number of aliphatic hydroxyl groups is 1. The summed E-state index contributed by atoms with van der Waals surface area (Å²) >= 11 is 6.29. The lowest BCUT2D eigenvalue weighted by Gasteiger charge is -2.47. The van der Waals surface area contributed by atoms with Crippen molar-refractivity contribution in [3.05, 3.63) is 34.9 Å². The topological polar surface area (TPSA) is 43.8 Å². The highest BCUT2D eigenvalue weighted by Crippen LogP contribution is 2.35. The molecule has 4 rings (SSSR count). The summed E-state index contributed by atoms with van der Waals surface area (Å²) in [5.74, 6) is 0.132.